The largest absolute Gasteiger partial charge is 0.378 e. The fraction of sp³-hybridized carbons (Fsp3) is 0.476. The van der Waals surface area contributed by atoms with Gasteiger partial charge in [-0.15, -0.1) is 0 Å². The summed E-state index contributed by atoms with van der Waals surface area (Å²) in [5, 5.41) is 3.07. The number of ether oxygens (including phenoxy) is 1. The van der Waals surface area contributed by atoms with Gasteiger partial charge in [0.1, 0.15) is 6.04 Å². The number of hydrogen-bond acceptors (Lipinski definition) is 3. The van der Waals surface area contributed by atoms with Crippen molar-refractivity contribution in [2.45, 2.75) is 18.9 Å². The van der Waals surface area contributed by atoms with Crippen molar-refractivity contribution in [3.63, 3.8) is 0 Å². The lowest BCUT2D eigenvalue weighted by molar-refractivity contribution is -0.910. The molecule has 2 aliphatic heterocycles. The van der Waals surface area contributed by atoms with Gasteiger partial charge in [0.25, 0.3) is 5.91 Å². The second-order valence-electron chi connectivity index (χ2n) is 7.52. The molecule has 2 aromatic rings. The highest BCUT2D eigenvalue weighted by atomic mass is 16.5. The maximum atomic E-state index is 12.6. The topological polar surface area (TPSA) is 50.9 Å². The fourth-order valence-corrected chi connectivity index (χ4v) is 4.31. The zero-order chi connectivity index (χ0) is 18.6. The van der Waals surface area contributed by atoms with Crippen molar-refractivity contribution in [1.82, 2.24) is 4.57 Å². The molecule has 4 rings (SSSR count). The maximum Gasteiger partial charge on any atom is 0.279 e. The zero-order valence-electron chi connectivity index (χ0n) is 16.0. The van der Waals surface area contributed by atoms with E-state index in [4.69, 9.17) is 4.74 Å². The third-order valence-electron chi connectivity index (χ3n) is 5.74. The Labute approximate surface area is 160 Å². The highest BCUT2D eigenvalue weighted by Gasteiger charge is 2.32. The van der Waals surface area contributed by atoms with Gasteiger partial charge in [-0.1, -0.05) is 0 Å². The summed E-state index contributed by atoms with van der Waals surface area (Å²) in [6, 6.07) is 12.8. The molecule has 2 N–H and O–H groups in total. The molecule has 2 saturated heterocycles. The van der Waals surface area contributed by atoms with Gasteiger partial charge in [-0.05, 0) is 36.4 Å². The van der Waals surface area contributed by atoms with Gasteiger partial charge in [0.2, 0.25) is 0 Å². The first-order chi connectivity index (χ1) is 13.2. The summed E-state index contributed by atoms with van der Waals surface area (Å²) in [5.74, 6) is 0.0882. The minimum Gasteiger partial charge on any atom is -0.378 e. The number of morpholine rings is 1. The van der Waals surface area contributed by atoms with Crippen LogP contribution in [0.15, 0.2) is 42.6 Å². The van der Waals surface area contributed by atoms with Crippen LogP contribution in [-0.2, 0) is 16.6 Å². The highest BCUT2D eigenvalue weighted by molar-refractivity contribution is 5.91. The summed E-state index contributed by atoms with van der Waals surface area (Å²) in [4.78, 5) is 16.3. The third kappa shape index (κ3) is 4.17. The van der Waals surface area contributed by atoms with Crippen LogP contribution < -0.4 is 15.1 Å². The first kappa shape index (κ1) is 18.1. The fourth-order valence-electron chi connectivity index (χ4n) is 4.31. The molecule has 2 atom stereocenters. The molecule has 144 valence electrons. The molecule has 3 heterocycles. The average molecular weight is 369 g/mol. The van der Waals surface area contributed by atoms with E-state index in [1.165, 1.54) is 22.7 Å². The molecular formula is C21H29N4O2+. The van der Waals surface area contributed by atoms with Gasteiger partial charge in [0, 0.05) is 50.6 Å². The minimum atomic E-state index is 0.0882. The molecule has 1 unspecified atom stereocenters. The van der Waals surface area contributed by atoms with Crippen molar-refractivity contribution in [2.75, 3.05) is 49.6 Å². The van der Waals surface area contributed by atoms with Gasteiger partial charge in [-0.25, -0.2) is 0 Å². The standard InChI is InChI=1S/C21H28N4O2/c1-23-10-2-4-19(23)20-5-3-11-25(20)16-21(26)22-17-6-8-18(9-7-17)24-12-14-27-15-13-24/h2,4,6-10,20H,3,5,11-16H2,1H3,(H,22,26)/p+1/t20-/m0/s1. The number of quaternary nitrogens is 1. The summed E-state index contributed by atoms with van der Waals surface area (Å²) in [5.41, 5.74) is 3.38. The van der Waals surface area contributed by atoms with E-state index in [1.54, 1.807) is 0 Å². The number of nitrogens with zero attached hydrogens (tertiary/aromatic N) is 2. The quantitative estimate of drug-likeness (QED) is 0.833. The first-order valence-electron chi connectivity index (χ1n) is 9.89. The Balaban J connectivity index is 1.34. The first-order valence-corrected chi connectivity index (χ1v) is 9.89. The van der Waals surface area contributed by atoms with E-state index < -0.39 is 0 Å². The van der Waals surface area contributed by atoms with E-state index >= 15 is 0 Å². The third-order valence-corrected chi connectivity index (χ3v) is 5.74. The molecule has 6 nitrogen and oxygen atoms in total. The van der Waals surface area contributed by atoms with E-state index in [9.17, 15) is 4.79 Å². The van der Waals surface area contributed by atoms with Crippen LogP contribution in [0.1, 0.15) is 24.6 Å². The smallest absolute Gasteiger partial charge is 0.279 e. The van der Waals surface area contributed by atoms with Crippen LogP contribution in [0, 0.1) is 0 Å². The normalized spacial score (nSPS) is 22.8. The number of benzene rings is 1. The predicted molar refractivity (Wildman–Crippen MR) is 106 cm³/mol. The number of carbonyl (C=O) groups is 1. The van der Waals surface area contributed by atoms with E-state index in [2.05, 4.69) is 52.3 Å². The van der Waals surface area contributed by atoms with Crippen LogP contribution in [0.3, 0.4) is 0 Å². The molecule has 0 spiro atoms. The molecule has 1 aromatic carbocycles. The Morgan fingerprint density at radius 1 is 1.22 bits per heavy atom. The van der Waals surface area contributed by atoms with Gasteiger partial charge >= 0.3 is 0 Å². The molecule has 0 saturated carbocycles. The van der Waals surface area contributed by atoms with Crippen molar-refractivity contribution in [3.05, 3.63) is 48.3 Å². The second-order valence-corrected chi connectivity index (χ2v) is 7.52. The van der Waals surface area contributed by atoms with Gasteiger partial charge in [0.05, 0.1) is 25.5 Å². The Morgan fingerprint density at radius 2 is 2.00 bits per heavy atom. The lowest BCUT2D eigenvalue weighted by atomic mass is 10.1. The number of amides is 1. The molecule has 2 fully saturated rings. The van der Waals surface area contributed by atoms with Gasteiger partial charge < -0.3 is 24.4 Å². The Morgan fingerprint density at radius 3 is 2.70 bits per heavy atom. The number of aromatic nitrogens is 1. The number of hydrogen-bond donors (Lipinski definition) is 2. The number of anilines is 2. The number of rotatable bonds is 5. The van der Waals surface area contributed by atoms with E-state index in [-0.39, 0.29) is 5.91 Å². The SMILES string of the molecule is Cn1cccc1[C@@H]1CCC[NH+]1CC(=O)Nc1ccc(N2CCOCC2)cc1. The van der Waals surface area contributed by atoms with Crippen molar-refractivity contribution in [1.29, 1.82) is 0 Å². The summed E-state index contributed by atoms with van der Waals surface area (Å²) in [7, 11) is 2.08. The van der Waals surface area contributed by atoms with Crippen molar-refractivity contribution >= 4 is 17.3 Å². The maximum absolute atomic E-state index is 12.6. The van der Waals surface area contributed by atoms with E-state index in [1.807, 2.05) is 12.1 Å². The molecule has 0 aliphatic carbocycles. The average Bonchev–Trinajstić information content (AvgIpc) is 3.31. The van der Waals surface area contributed by atoms with Crippen LogP contribution in [0.2, 0.25) is 0 Å². The van der Waals surface area contributed by atoms with Crippen LogP contribution in [0.25, 0.3) is 0 Å². The summed E-state index contributed by atoms with van der Waals surface area (Å²) >= 11 is 0. The predicted octanol–water partition coefficient (Wildman–Crippen LogP) is 1.22. The van der Waals surface area contributed by atoms with Gasteiger partial charge in [-0.3, -0.25) is 4.79 Å². The van der Waals surface area contributed by atoms with Crippen molar-refractivity contribution in [3.8, 4) is 0 Å². The molecular weight excluding hydrogens is 340 g/mol. The lowest BCUT2D eigenvalue weighted by Gasteiger charge is -2.29. The molecule has 0 bridgehead atoms. The summed E-state index contributed by atoms with van der Waals surface area (Å²) in [6.45, 7) is 4.97. The van der Waals surface area contributed by atoms with Crippen molar-refractivity contribution < 1.29 is 14.4 Å². The number of likely N-dealkylation sites (tertiary alicyclic amines) is 1. The van der Waals surface area contributed by atoms with Crippen molar-refractivity contribution in [2.24, 2.45) is 7.05 Å². The number of aryl methyl sites for hydroxylation is 1. The Hall–Kier alpha value is -2.31. The lowest BCUT2D eigenvalue weighted by Crippen LogP contribution is -3.11. The summed E-state index contributed by atoms with van der Waals surface area (Å²) < 4.78 is 7.58. The van der Waals surface area contributed by atoms with Crippen LogP contribution in [-0.4, -0.2) is 49.9 Å². The molecule has 27 heavy (non-hydrogen) atoms. The van der Waals surface area contributed by atoms with E-state index in [0.29, 0.717) is 12.6 Å². The molecule has 1 amide bonds. The highest BCUT2D eigenvalue weighted by Crippen LogP contribution is 2.20. The number of nitrogens with one attached hydrogen (secondary N) is 2. The Bertz CT molecular complexity index is 765. The summed E-state index contributed by atoms with van der Waals surface area (Å²) in [6.07, 6.45) is 4.41. The Kier molecular flexibility index (Phi) is 5.45. The minimum absolute atomic E-state index is 0.0882. The molecule has 1 aromatic heterocycles. The van der Waals surface area contributed by atoms with Crippen LogP contribution in [0.4, 0.5) is 11.4 Å². The van der Waals surface area contributed by atoms with Crippen LogP contribution >= 0.6 is 0 Å². The molecule has 6 heteroatoms. The molecule has 2 aliphatic rings. The van der Waals surface area contributed by atoms with Gasteiger partial charge in [-0.2, -0.15) is 0 Å². The van der Waals surface area contributed by atoms with Gasteiger partial charge in [0.15, 0.2) is 6.54 Å². The van der Waals surface area contributed by atoms with E-state index in [0.717, 1.165) is 45.0 Å². The monoisotopic (exact) mass is 369 g/mol. The second kappa shape index (κ2) is 8.15. The number of carbonyl (C=O) groups excluding carboxylic acids is 1. The zero-order valence-corrected chi connectivity index (χ0v) is 16.0. The molecule has 0 radical (unpaired) electrons. The van der Waals surface area contributed by atoms with Crippen LogP contribution in [0.5, 0.6) is 0 Å².